The van der Waals surface area contributed by atoms with Gasteiger partial charge in [0.1, 0.15) is 11.9 Å². The second-order valence-corrected chi connectivity index (χ2v) is 6.20. The van der Waals surface area contributed by atoms with Crippen LogP contribution in [0.4, 0.5) is 0 Å². The van der Waals surface area contributed by atoms with E-state index in [1.165, 1.54) is 6.92 Å². The summed E-state index contributed by atoms with van der Waals surface area (Å²) in [6, 6.07) is 7.30. The fourth-order valence-electron chi connectivity index (χ4n) is 2.97. The summed E-state index contributed by atoms with van der Waals surface area (Å²) < 4.78 is 10.9. The summed E-state index contributed by atoms with van der Waals surface area (Å²) in [4.78, 5) is 23.3. The molecule has 1 aromatic rings. The minimum atomic E-state index is -0.478. The number of ether oxygens (including phenoxy) is 2. The predicted octanol–water partition coefficient (Wildman–Crippen LogP) is 0.746. The largest absolute Gasteiger partial charge is 0.497 e. The Morgan fingerprint density at radius 1 is 1.36 bits per heavy atom. The van der Waals surface area contributed by atoms with Crippen LogP contribution >= 0.6 is 0 Å². The molecule has 0 aliphatic carbocycles. The molecule has 1 aliphatic heterocycles. The number of hydrogen-bond donors (Lipinski definition) is 3. The molecule has 0 spiro atoms. The summed E-state index contributed by atoms with van der Waals surface area (Å²) in [5, 5.41) is 15.1. The van der Waals surface area contributed by atoms with Crippen LogP contribution in [-0.4, -0.2) is 48.9 Å². The van der Waals surface area contributed by atoms with Crippen LogP contribution < -0.4 is 15.4 Å². The van der Waals surface area contributed by atoms with Gasteiger partial charge in [-0.15, -0.1) is 0 Å². The quantitative estimate of drug-likeness (QED) is 0.674. The third-order valence-electron chi connectivity index (χ3n) is 4.22. The number of amides is 2. The van der Waals surface area contributed by atoms with Crippen molar-refractivity contribution in [3.8, 4) is 5.75 Å². The van der Waals surface area contributed by atoms with E-state index in [2.05, 4.69) is 10.6 Å². The molecular formula is C18H26N2O5. The van der Waals surface area contributed by atoms with Gasteiger partial charge in [-0.1, -0.05) is 12.1 Å². The summed E-state index contributed by atoms with van der Waals surface area (Å²) in [6.45, 7) is 1.67. The normalized spacial score (nSPS) is 22.9. The number of methoxy groups -OCH3 is 1. The fourth-order valence-corrected chi connectivity index (χ4v) is 2.97. The van der Waals surface area contributed by atoms with Gasteiger partial charge in [0.25, 0.3) is 0 Å². The van der Waals surface area contributed by atoms with Crippen molar-refractivity contribution in [2.75, 3.05) is 13.7 Å². The molecular weight excluding hydrogens is 324 g/mol. The first-order valence-corrected chi connectivity index (χ1v) is 8.45. The number of aliphatic hydroxyl groups is 1. The smallest absolute Gasteiger partial charge is 0.222 e. The molecule has 1 aromatic carbocycles. The molecule has 7 nitrogen and oxygen atoms in total. The summed E-state index contributed by atoms with van der Waals surface area (Å²) in [5.74, 6) is 0.487. The molecule has 0 aromatic heterocycles. The lowest BCUT2D eigenvalue weighted by atomic mass is 9.97. The molecule has 2 rings (SSSR count). The molecule has 1 saturated heterocycles. The van der Waals surface area contributed by atoms with Crippen molar-refractivity contribution >= 4 is 11.8 Å². The standard InChI is InChI=1S/C18H26N2O5/c1-12(22)20-16-7-6-15(25-17(16)11-21)9-18(23)19-10-13-4-3-5-14(8-13)24-2/h3-5,8,15-17,21H,6-7,9-11H2,1-2H3,(H,19,23)(H,20,22)/t15-,16+,17-/m0/s1. The van der Waals surface area contributed by atoms with Gasteiger partial charge in [0, 0.05) is 13.5 Å². The SMILES string of the molecule is COc1cccc(CNC(=O)C[C@@H]2CC[C@@H](NC(C)=O)[C@H](CO)O2)c1. The second kappa shape index (κ2) is 9.39. The van der Waals surface area contributed by atoms with Gasteiger partial charge in [0.15, 0.2) is 0 Å². The summed E-state index contributed by atoms with van der Waals surface area (Å²) in [6.07, 6.45) is 0.834. The molecule has 138 valence electrons. The number of carbonyl (C=O) groups is 2. The van der Waals surface area contributed by atoms with E-state index in [0.29, 0.717) is 19.4 Å². The number of hydrogen-bond acceptors (Lipinski definition) is 5. The van der Waals surface area contributed by atoms with E-state index in [9.17, 15) is 14.7 Å². The van der Waals surface area contributed by atoms with E-state index in [0.717, 1.165) is 11.3 Å². The topological polar surface area (TPSA) is 96.9 Å². The number of rotatable bonds is 7. The van der Waals surface area contributed by atoms with Gasteiger partial charge >= 0.3 is 0 Å². The summed E-state index contributed by atoms with van der Waals surface area (Å²) in [5.41, 5.74) is 0.955. The van der Waals surface area contributed by atoms with E-state index in [4.69, 9.17) is 9.47 Å². The van der Waals surface area contributed by atoms with E-state index >= 15 is 0 Å². The number of aliphatic hydroxyl groups excluding tert-OH is 1. The lowest BCUT2D eigenvalue weighted by molar-refractivity contribution is -0.135. The zero-order chi connectivity index (χ0) is 18.2. The Labute approximate surface area is 147 Å². The van der Waals surface area contributed by atoms with Crippen LogP contribution in [0.15, 0.2) is 24.3 Å². The maximum atomic E-state index is 12.1. The van der Waals surface area contributed by atoms with Crippen molar-refractivity contribution < 1.29 is 24.2 Å². The third kappa shape index (κ3) is 6.03. The van der Waals surface area contributed by atoms with Crippen molar-refractivity contribution in [1.29, 1.82) is 0 Å². The Morgan fingerprint density at radius 2 is 2.16 bits per heavy atom. The van der Waals surface area contributed by atoms with Gasteiger partial charge in [-0.2, -0.15) is 0 Å². The molecule has 0 saturated carbocycles. The maximum Gasteiger partial charge on any atom is 0.222 e. The molecule has 7 heteroatoms. The van der Waals surface area contributed by atoms with Gasteiger partial charge in [-0.25, -0.2) is 0 Å². The van der Waals surface area contributed by atoms with Crippen LogP contribution in [-0.2, 0) is 20.9 Å². The molecule has 2 amide bonds. The summed E-state index contributed by atoms with van der Waals surface area (Å²) in [7, 11) is 1.60. The molecule has 25 heavy (non-hydrogen) atoms. The highest BCUT2D eigenvalue weighted by Gasteiger charge is 2.32. The molecule has 0 radical (unpaired) electrons. The first kappa shape index (κ1) is 19.2. The molecule has 1 fully saturated rings. The van der Waals surface area contributed by atoms with Gasteiger partial charge in [-0.05, 0) is 30.5 Å². The average Bonchev–Trinajstić information content (AvgIpc) is 2.61. The van der Waals surface area contributed by atoms with Crippen molar-refractivity contribution in [2.24, 2.45) is 0 Å². The van der Waals surface area contributed by atoms with Crippen LogP contribution in [0.2, 0.25) is 0 Å². The van der Waals surface area contributed by atoms with Crippen molar-refractivity contribution in [3.63, 3.8) is 0 Å². The first-order chi connectivity index (χ1) is 12.0. The average molecular weight is 350 g/mol. The van der Waals surface area contributed by atoms with Crippen LogP contribution in [0, 0.1) is 0 Å². The van der Waals surface area contributed by atoms with E-state index in [1.54, 1.807) is 7.11 Å². The monoisotopic (exact) mass is 350 g/mol. The van der Waals surface area contributed by atoms with Crippen LogP contribution in [0.1, 0.15) is 31.7 Å². The highest BCUT2D eigenvalue weighted by Crippen LogP contribution is 2.22. The Morgan fingerprint density at radius 3 is 2.84 bits per heavy atom. The minimum absolute atomic E-state index is 0.109. The van der Waals surface area contributed by atoms with Crippen molar-refractivity contribution in [1.82, 2.24) is 10.6 Å². The van der Waals surface area contributed by atoms with E-state index < -0.39 is 6.10 Å². The lowest BCUT2D eigenvalue weighted by Crippen LogP contribution is -2.51. The maximum absolute atomic E-state index is 12.1. The molecule has 3 atom stereocenters. The Balaban J connectivity index is 1.79. The van der Waals surface area contributed by atoms with Crippen LogP contribution in [0.25, 0.3) is 0 Å². The number of nitrogens with one attached hydrogen (secondary N) is 2. The zero-order valence-corrected chi connectivity index (χ0v) is 14.7. The van der Waals surface area contributed by atoms with E-state index in [-0.39, 0.29) is 37.0 Å². The number of benzene rings is 1. The molecule has 1 heterocycles. The van der Waals surface area contributed by atoms with Crippen LogP contribution in [0.5, 0.6) is 5.75 Å². The lowest BCUT2D eigenvalue weighted by Gasteiger charge is -2.35. The first-order valence-electron chi connectivity index (χ1n) is 8.45. The Kier molecular flexibility index (Phi) is 7.21. The second-order valence-electron chi connectivity index (χ2n) is 6.20. The van der Waals surface area contributed by atoms with E-state index in [1.807, 2.05) is 24.3 Å². The molecule has 3 N–H and O–H groups in total. The highest BCUT2D eigenvalue weighted by atomic mass is 16.5. The van der Waals surface area contributed by atoms with Gasteiger partial charge < -0.3 is 25.2 Å². The molecule has 1 aliphatic rings. The predicted molar refractivity (Wildman–Crippen MR) is 92.0 cm³/mol. The minimum Gasteiger partial charge on any atom is -0.497 e. The molecule has 0 unspecified atom stereocenters. The molecule has 0 bridgehead atoms. The summed E-state index contributed by atoms with van der Waals surface area (Å²) >= 11 is 0. The fraction of sp³-hybridized carbons (Fsp3) is 0.556. The Hall–Kier alpha value is -2.12. The highest BCUT2D eigenvalue weighted by molar-refractivity contribution is 5.76. The van der Waals surface area contributed by atoms with Gasteiger partial charge in [0.05, 0.1) is 32.3 Å². The van der Waals surface area contributed by atoms with Crippen molar-refractivity contribution in [2.45, 2.75) is 51.0 Å². The number of carbonyl (C=O) groups excluding carboxylic acids is 2. The van der Waals surface area contributed by atoms with Gasteiger partial charge in [-0.3, -0.25) is 9.59 Å². The third-order valence-corrected chi connectivity index (χ3v) is 4.22. The van der Waals surface area contributed by atoms with Gasteiger partial charge in [0.2, 0.25) is 11.8 Å². The van der Waals surface area contributed by atoms with Crippen LogP contribution in [0.3, 0.4) is 0 Å². The zero-order valence-electron chi connectivity index (χ0n) is 14.7. The Bertz CT molecular complexity index is 593. The van der Waals surface area contributed by atoms with Crippen molar-refractivity contribution in [3.05, 3.63) is 29.8 Å².